The predicted octanol–water partition coefficient (Wildman–Crippen LogP) is 4.90. The second kappa shape index (κ2) is 7.85. The number of aromatic amines is 2. The maximum Gasteiger partial charge on any atom is 0.169 e. The van der Waals surface area contributed by atoms with Crippen molar-refractivity contribution in [1.29, 1.82) is 0 Å². The normalized spacial score (nSPS) is 11.4. The number of pyridine rings is 3. The second-order valence-corrected chi connectivity index (χ2v) is 8.75. The smallest absolute Gasteiger partial charge is 0.169 e. The van der Waals surface area contributed by atoms with Crippen LogP contribution in [0.4, 0.5) is 0 Å². The van der Waals surface area contributed by atoms with Gasteiger partial charge in [-0.3, -0.25) is 19.9 Å². The second-order valence-electron chi connectivity index (χ2n) is 7.67. The number of nitrogens with one attached hydrogen (secondary N) is 2. The monoisotopic (exact) mass is 467 g/mol. The van der Waals surface area contributed by atoms with E-state index in [2.05, 4.69) is 25.1 Å². The van der Waals surface area contributed by atoms with Crippen LogP contribution in [0.5, 0.6) is 5.75 Å². The van der Waals surface area contributed by atoms with E-state index in [0.717, 1.165) is 38.2 Å². The Bertz CT molecular complexity index is 1700. The lowest BCUT2D eigenvalue weighted by Crippen LogP contribution is -1.89. The molecule has 0 saturated carbocycles. The Hall–Kier alpha value is -4.44. The summed E-state index contributed by atoms with van der Waals surface area (Å²) in [7, 11) is 1.60. The van der Waals surface area contributed by atoms with Crippen molar-refractivity contribution in [2.24, 2.45) is 0 Å². The highest BCUT2D eigenvalue weighted by Crippen LogP contribution is 2.34. The molecule has 34 heavy (non-hydrogen) atoms. The molecule has 0 spiro atoms. The molecule has 0 aliphatic rings. The highest BCUT2D eigenvalue weighted by atomic mass is 32.1. The highest BCUT2D eigenvalue weighted by Gasteiger charge is 2.18. The average Bonchev–Trinajstić information content (AvgIpc) is 3.61. The van der Waals surface area contributed by atoms with Gasteiger partial charge in [-0.15, -0.1) is 11.3 Å². The van der Waals surface area contributed by atoms with Gasteiger partial charge in [-0.1, -0.05) is 0 Å². The maximum absolute atomic E-state index is 11.7. The number of thiophene rings is 1. The quantitative estimate of drug-likeness (QED) is 0.346. The molecule has 10 heteroatoms. The summed E-state index contributed by atoms with van der Waals surface area (Å²) in [6.45, 7) is 1.56. The van der Waals surface area contributed by atoms with Gasteiger partial charge in [0.2, 0.25) is 0 Å². The van der Waals surface area contributed by atoms with Crippen molar-refractivity contribution in [2.45, 2.75) is 6.92 Å². The van der Waals surface area contributed by atoms with Gasteiger partial charge in [0.1, 0.15) is 16.8 Å². The fraction of sp³-hybridized carbons (Fsp3) is 0.0833. The Morgan fingerprint density at radius 1 is 0.971 bits per heavy atom. The largest absolute Gasteiger partial charge is 0.495 e. The molecule has 6 rings (SSSR count). The van der Waals surface area contributed by atoms with Gasteiger partial charge in [0.15, 0.2) is 17.3 Å². The number of Topliss-reactive ketones (excluding diaryl/α,β-unsaturated/α-hetero) is 1. The lowest BCUT2D eigenvalue weighted by Gasteiger charge is -2.03. The number of rotatable bonds is 5. The minimum Gasteiger partial charge on any atom is -0.495 e. The first-order chi connectivity index (χ1) is 16.6. The molecule has 0 amide bonds. The number of carbonyl (C=O) groups is 1. The van der Waals surface area contributed by atoms with Crippen LogP contribution in [0.15, 0.2) is 55.1 Å². The molecule has 9 nitrogen and oxygen atoms in total. The van der Waals surface area contributed by atoms with Crippen molar-refractivity contribution in [3.63, 3.8) is 0 Å². The Morgan fingerprint density at radius 3 is 2.68 bits per heavy atom. The Kier molecular flexibility index (Phi) is 4.66. The van der Waals surface area contributed by atoms with Crippen LogP contribution in [0, 0.1) is 0 Å². The van der Waals surface area contributed by atoms with Crippen LogP contribution in [-0.4, -0.2) is 48.0 Å². The van der Waals surface area contributed by atoms with Crippen LogP contribution >= 0.6 is 11.3 Å². The number of H-pyrrole nitrogens is 2. The lowest BCUT2D eigenvalue weighted by atomic mass is 10.1. The molecule has 6 aromatic rings. The summed E-state index contributed by atoms with van der Waals surface area (Å²) in [5.41, 5.74) is 6.04. The van der Waals surface area contributed by atoms with Crippen LogP contribution in [0.3, 0.4) is 0 Å². The number of imidazole rings is 1. The first-order valence-corrected chi connectivity index (χ1v) is 11.2. The highest BCUT2D eigenvalue weighted by molar-refractivity contribution is 7.17. The number of hydrogen-bond acceptors (Lipinski definition) is 8. The van der Waals surface area contributed by atoms with Crippen molar-refractivity contribution < 1.29 is 9.53 Å². The molecule has 6 aromatic heterocycles. The molecule has 0 atom stereocenters. The number of methoxy groups -OCH3 is 1. The Labute approximate surface area is 196 Å². The lowest BCUT2D eigenvalue weighted by molar-refractivity contribution is 0.102. The number of nitrogens with zero attached hydrogens (tertiary/aromatic N) is 5. The van der Waals surface area contributed by atoms with E-state index in [9.17, 15) is 4.79 Å². The van der Waals surface area contributed by atoms with Crippen molar-refractivity contribution in [2.75, 3.05) is 7.11 Å². The molecular weight excluding hydrogens is 450 g/mol. The van der Waals surface area contributed by atoms with Gasteiger partial charge in [-0.05, 0) is 37.3 Å². The Balaban J connectivity index is 1.47. The van der Waals surface area contributed by atoms with Crippen molar-refractivity contribution in [3.8, 4) is 39.0 Å². The van der Waals surface area contributed by atoms with E-state index in [-0.39, 0.29) is 5.78 Å². The first-order valence-electron chi connectivity index (χ1n) is 10.4. The summed E-state index contributed by atoms with van der Waals surface area (Å²) < 4.78 is 5.29. The van der Waals surface area contributed by atoms with Crippen LogP contribution in [0.25, 0.3) is 55.3 Å². The van der Waals surface area contributed by atoms with Gasteiger partial charge >= 0.3 is 0 Å². The number of fused-ring (bicyclic) bond motifs is 2. The fourth-order valence-electron chi connectivity index (χ4n) is 3.79. The van der Waals surface area contributed by atoms with E-state index in [4.69, 9.17) is 14.7 Å². The number of carbonyl (C=O) groups excluding carboxylic acids is 1. The molecule has 0 aliphatic heterocycles. The summed E-state index contributed by atoms with van der Waals surface area (Å²) >= 11 is 1.43. The van der Waals surface area contributed by atoms with Crippen molar-refractivity contribution in [3.05, 3.63) is 60.0 Å². The van der Waals surface area contributed by atoms with Gasteiger partial charge in [-0.2, -0.15) is 5.10 Å². The van der Waals surface area contributed by atoms with E-state index >= 15 is 0 Å². The molecular formula is C24H17N7O2S. The molecule has 0 aromatic carbocycles. The SMILES string of the molecule is COc1cncc(-c2ccc3[nH]nc(-c4nc5c(-c6ccc(C(C)=O)s6)cncc5[nH]4)c3n2)c1. The van der Waals surface area contributed by atoms with E-state index in [1.807, 2.05) is 30.3 Å². The van der Waals surface area contributed by atoms with Crippen LogP contribution in [-0.2, 0) is 0 Å². The zero-order chi connectivity index (χ0) is 23.2. The number of aromatic nitrogens is 7. The molecule has 6 heterocycles. The van der Waals surface area contributed by atoms with E-state index in [0.29, 0.717) is 27.7 Å². The average molecular weight is 468 g/mol. The fourth-order valence-corrected chi connectivity index (χ4v) is 4.70. The zero-order valence-electron chi connectivity index (χ0n) is 18.2. The Morgan fingerprint density at radius 2 is 1.85 bits per heavy atom. The van der Waals surface area contributed by atoms with E-state index in [1.165, 1.54) is 11.3 Å². The third kappa shape index (κ3) is 3.32. The van der Waals surface area contributed by atoms with Crippen LogP contribution < -0.4 is 4.74 Å². The van der Waals surface area contributed by atoms with Crippen molar-refractivity contribution in [1.82, 2.24) is 35.1 Å². The molecule has 166 valence electrons. The van der Waals surface area contributed by atoms with E-state index < -0.39 is 0 Å². The standard InChI is InChI=1S/C24H17N7O2S/c1-12(32)19-5-6-20(34-19)15-10-26-11-18-21(15)29-24(28-18)23-22-17(30-31-23)4-3-16(27-22)13-7-14(33-2)9-25-8-13/h3-11H,1-2H3,(H,28,29)(H,30,31). The molecule has 0 radical (unpaired) electrons. The molecule has 0 bridgehead atoms. The minimum atomic E-state index is 0.0372. The summed E-state index contributed by atoms with van der Waals surface area (Å²) in [5.74, 6) is 1.27. The first kappa shape index (κ1) is 20.2. The predicted molar refractivity (Wildman–Crippen MR) is 130 cm³/mol. The van der Waals surface area contributed by atoms with E-state index in [1.54, 1.807) is 38.8 Å². The maximum atomic E-state index is 11.7. The van der Waals surface area contributed by atoms with Crippen LogP contribution in [0.2, 0.25) is 0 Å². The molecule has 0 saturated heterocycles. The minimum absolute atomic E-state index is 0.0372. The molecule has 0 unspecified atom stereocenters. The molecule has 0 fully saturated rings. The third-order valence-corrected chi connectivity index (χ3v) is 6.71. The zero-order valence-corrected chi connectivity index (χ0v) is 19.0. The van der Waals surface area contributed by atoms with Gasteiger partial charge in [0.05, 0.1) is 41.1 Å². The summed E-state index contributed by atoms with van der Waals surface area (Å²) in [4.78, 5) is 34.9. The molecule has 0 aliphatic carbocycles. The summed E-state index contributed by atoms with van der Waals surface area (Å²) in [5, 5.41) is 7.51. The van der Waals surface area contributed by atoms with Crippen LogP contribution in [0.1, 0.15) is 16.6 Å². The molecule has 2 N–H and O–H groups in total. The number of ketones is 1. The van der Waals surface area contributed by atoms with Crippen molar-refractivity contribution >= 4 is 39.2 Å². The van der Waals surface area contributed by atoms with Gasteiger partial charge in [-0.25, -0.2) is 9.97 Å². The summed E-state index contributed by atoms with van der Waals surface area (Å²) in [6, 6.07) is 9.47. The topological polar surface area (TPSA) is 122 Å². The number of ether oxygens (including phenoxy) is 1. The summed E-state index contributed by atoms with van der Waals surface area (Å²) in [6.07, 6.45) is 6.88. The number of hydrogen-bond donors (Lipinski definition) is 2. The third-order valence-electron chi connectivity index (χ3n) is 5.49. The van der Waals surface area contributed by atoms with Gasteiger partial charge in [0, 0.05) is 28.4 Å². The van der Waals surface area contributed by atoms with Gasteiger partial charge < -0.3 is 9.72 Å². The van der Waals surface area contributed by atoms with Gasteiger partial charge in [0.25, 0.3) is 0 Å².